The Kier molecular flexibility index (Phi) is 6.98. The van der Waals surface area contributed by atoms with E-state index in [2.05, 4.69) is 10.2 Å². The molecule has 0 bridgehead atoms. The minimum absolute atomic E-state index is 0.0616. The lowest BCUT2D eigenvalue weighted by Crippen LogP contribution is -2.41. The fraction of sp³-hybridized carbons (Fsp3) is 0.562. The van der Waals surface area contributed by atoms with Gasteiger partial charge in [0.15, 0.2) is 5.75 Å². The quantitative estimate of drug-likeness (QED) is 0.526. The summed E-state index contributed by atoms with van der Waals surface area (Å²) in [6.07, 6.45) is 0. The van der Waals surface area contributed by atoms with E-state index in [9.17, 15) is 14.9 Å². The van der Waals surface area contributed by atoms with Crippen LogP contribution in [0.2, 0.25) is 0 Å². The number of nitrogens with one attached hydrogen (secondary N) is 1. The summed E-state index contributed by atoms with van der Waals surface area (Å²) in [5.74, 6) is -0.501. The van der Waals surface area contributed by atoms with Crippen LogP contribution in [-0.4, -0.2) is 76.5 Å². The molecule has 1 aliphatic heterocycles. The van der Waals surface area contributed by atoms with Crippen molar-refractivity contribution < 1.29 is 28.7 Å². The number of carbonyl (C=O) groups excluding carboxylic acids is 1. The highest BCUT2D eigenvalue weighted by Gasteiger charge is 2.32. The number of amides is 1. The number of hydrogen-bond donors (Lipinski definition) is 1. The molecule has 0 radical (unpaired) electrons. The van der Waals surface area contributed by atoms with E-state index in [-0.39, 0.29) is 22.8 Å². The Balaban J connectivity index is 2.22. The first-order valence-corrected chi connectivity index (χ1v) is 8.09. The predicted octanol–water partition coefficient (Wildman–Crippen LogP) is 0.683. The van der Waals surface area contributed by atoms with E-state index >= 15 is 0 Å². The predicted molar refractivity (Wildman–Crippen MR) is 92.3 cm³/mol. The van der Waals surface area contributed by atoms with Crippen molar-refractivity contribution in [3.05, 3.63) is 21.7 Å². The van der Waals surface area contributed by atoms with Gasteiger partial charge in [0.05, 0.1) is 39.5 Å². The zero-order chi connectivity index (χ0) is 19.1. The van der Waals surface area contributed by atoms with Crippen LogP contribution in [-0.2, 0) is 4.74 Å². The third-order valence-corrected chi connectivity index (χ3v) is 4.05. The fourth-order valence-corrected chi connectivity index (χ4v) is 2.74. The molecule has 10 nitrogen and oxygen atoms in total. The Morgan fingerprint density at radius 3 is 2.42 bits per heavy atom. The highest BCUT2D eigenvalue weighted by Crippen LogP contribution is 2.46. The van der Waals surface area contributed by atoms with Gasteiger partial charge in [-0.1, -0.05) is 0 Å². The number of nitro benzene ring substituents is 1. The Hall–Kier alpha value is -2.59. The van der Waals surface area contributed by atoms with Crippen molar-refractivity contribution in [2.75, 3.05) is 60.7 Å². The van der Waals surface area contributed by atoms with Crippen LogP contribution < -0.4 is 19.5 Å². The Morgan fingerprint density at radius 1 is 1.23 bits per heavy atom. The maximum absolute atomic E-state index is 12.5. The number of hydrogen-bond acceptors (Lipinski definition) is 8. The maximum Gasteiger partial charge on any atom is 0.327 e. The van der Waals surface area contributed by atoms with Gasteiger partial charge in [-0.25, -0.2) is 0 Å². The molecule has 26 heavy (non-hydrogen) atoms. The molecule has 1 aromatic carbocycles. The van der Waals surface area contributed by atoms with Gasteiger partial charge in [0.1, 0.15) is 5.56 Å². The van der Waals surface area contributed by atoms with Crippen LogP contribution in [0, 0.1) is 10.1 Å². The molecule has 0 aromatic heterocycles. The molecular formula is C16H23N3O7. The number of methoxy groups -OCH3 is 3. The zero-order valence-corrected chi connectivity index (χ0v) is 15.1. The fourth-order valence-electron chi connectivity index (χ4n) is 2.74. The topological polar surface area (TPSA) is 112 Å². The largest absolute Gasteiger partial charge is 0.493 e. The van der Waals surface area contributed by atoms with Gasteiger partial charge in [0.2, 0.25) is 11.5 Å². The summed E-state index contributed by atoms with van der Waals surface area (Å²) < 4.78 is 20.7. The average Bonchev–Trinajstić information content (AvgIpc) is 2.66. The van der Waals surface area contributed by atoms with Crippen molar-refractivity contribution in [2.24, 2.45) is 0 Å². The third kappa shape index (κ3) is 4.33. The van der Waals surface area contributed by atoms with Gasteiger partial charge in [-0.15, -0.1) is 0 Å². The van der Waals surface area contributed by atoms with Gasteiger partial charge in [0, 0.05) is 32.2 Å². The van der Waals surface area contributed by atoms with Crippen molar-refractivity contribution in [1.29, 1.82) is 0 Å². The van der Waals surface area contributed by atoms with Crippen LogP contribution in [0.5, 0.6) is 17.2 Å². The van der Waals surface area contributed by atoms with E-state index in [0.717, 1.165) is 13.1 Å². The second-order valence-corrected chi connectivity index (χ2v) is 5.51. The molecule has 1 aliphatic rings. The molecule has 1 N–H and O–H groups in total. The lowest BCUT2D eigenvalue weighted by molar-refractivity contribution is -0.386. The van der Waals surface area contributed by atoms with Gasteiger partial charge in [-0.2, -0.15) is 0 Å². The smallest absolute Gasteiger partial charge is 0.327 e. The highest BCUT2D eigenvalue weighted by atomic mass is 16.6. The second kappa shape index (κ2) is 9.20. The van der Waals surface area contributed by atoms with Crippen LogP contribution in [0.15, 0.2) is 6.07 Å². The lowest BCUT2D eigenvalue weighted by atomic mass is 10.1. The maximum atomic E-state index is 12.5. The average molecular weight is 369 g/mol. The molecule has 0 aliphatic carbocycles. The molecule has 1 amide bonds. The Bertz CT molecular complexity index is 660. The van der Waals surface area contributed by atoms with Crippen LogP contribution in [0.1, 0.15) is 10.4 Å². The highest BCUT2D eigenvalue weighted by molar-refractivity contribution is 6.00. The van der Waals surface area contributed by atoms with E-state index in [0.29, 0.717) is 26.3 Å². The van der Waals surface area contributed by atoms with Gasteiger partial charge in [0.25, 0.3) is 5.91 Å². The summed E-state index contributed by atoms with van der Waals surface area (Å²) in [5.41, 5.74) is -0.611. The number of nitro groups is 1. The summed E-state index contributed by atoms with van der Waals surface area (Å²) >= 11 is 0. The summed E-state index contributed by atoms with van der Waals surface area (Å²) in [7, 11) is 3.99. The first-order chi connectivity index (χ1) is 12.5. The number of rotatable bonds is 8. The second-order valence-electron chi connectivity index (χ2n) is 5.51. The molecule has 0 atom stereocenters. The Morgan fingerprint density at radius 2 is 1.88 bits per heavy atom. The number of benzene rings is 1. The lowest BCUT2D eigenvalue weighted by Gasteiger charge is -2.26. The van der Waals surface area contributed by atoms with Crippen LogP contribution in [0.3, 0.4) is 0 Å². The third-order valence-electron chi connectivity index (χ3n) is 4.05. The minimum Gasteiger partial charge on any atom is -0.493 e. The van der Waals surface area contributed by atoms with Crippen molar-refractivity contribution in [3.8, 4) is 17.2 Å². The number of morpholine rings is 1. The first-order valence-electron chi connectivity index (χ1n) is 8.09. The Labute approximate surface area is 151 Å². The van der Waals surface area contributed by atoms with E-state index in [1.54, 1.807) is 0 Å². The molecule has 0 unspecified atom stereocenters. The summed E-state index contributed by atoms with van der Waals surface area (Å²) in [6.45, 7) is 3.89. The van der Waals surface area contributed by atoms with Gasteiger partial charge >= 0.3 is 5.69 Å². The monoisotopic (exact) mass is 369 g/mol. The van der Waals surface area contributed by atoms with Gasteiger partial charge < -0.3 is 24.3 Å². The van der Waals surface area contributed by atoms with Crippen molar-refractivity contribution in [1.82, 2.24) is 10.2 Å². The SMILES string of the molecule is COc1cc(C(=O)NCCN2CCOCC2)c([N+](=O)[O-])c(OC)c1OC. The van der Waals surface area contributed by atoms with E-state index in [1.807, 2.05) is 0 Å². The molecule has 0 spiro atoms. The van der Waals surface area contributed by atoms with Crippen molar-refractivity contribution >= 4 is 11.6 Å². The molecule has 1 heterocycles. The molecule has 1 aromatic rings. The molecular weight excluding hydrogens is 346 g/mol. The molecule has 2 rings (SSSR count). The number of ether oxygens (including phenoxy) is 4. The van der Waals surface area contributed by atoms with E-state index in [1.165, 1.54) is 27.4 Å². The number of nitrogens with zero attached hydrogens (tertiary/aromatic N) is 2. The normalized spacial score (nSPS) is 14.6. The van der Waals surface area contributed by atoms with Crippen LogP contribution in [0.25, 0.3) is 0 Å². The molecule has 0 saturated carbocycles. The molecule has 144 valence electrons. The summed E-state index contributed by atoms with van der Waals surface area (Å²) in [6, 6.07) is 1.28. The first kappa shape index (κ1) is 19.7. The zero-order valence-electron chi connectivity index (χ0n) is 15.1. The van der Waals surface area contributed by atoms with Crippen LogP contribution in [0.4, 0.5) is 5.69 Å². The number of carbonyl (C=O) groups is 1. The summed E-state index contributed by atoms with van der Waals surface area (Å²) in [4.78, 5) is 25.5. The standard InChI is InChI=1S/C16H23N3O7/c1-23-12-10-11(13(19(21)22)15(25-3)14(12)24-2)16(20)17-4-5-18-6-8-26-9-7-18/h10H,4-9H2,1-3H3,(H,17,20). The van der Waals surface area contributed by atoms with Gasteiger partial charge in [-0.05, 0) is 0 Å². The molecule has 1 saturated heterocycles. The van der Waals surface area contributed by atoms with E-state index in [4.69, 9.17) is 18.9 Å². The van der Waals surface area contributed by atoms with Crippen molar-refractivity contribution in [2.45, 2.75) is 0 Å². The minimum atomic E-state index is -0.669. The van der Waals surface area contributed by atoms with E-state index < -0.39 is 16.5 Å². The van der Waals surface area contributed by atoms with Crippen molar-refractivity contribution in [3.63, 3.8) is 0 Å². The van der Waals surface area contributed by atoms with Crippen LogP contribution >= 0.6 is 0 Å². The molecule has 10 heteroatoms. The molecule has 1 fully saturated rings. The van der Waals surface area contributed by atoms with Gasteiger partial charge in [-0.3, -0.25) is 19.8 Å². The summed E-state index contributed by atoms with van der Waals surface area (Å²) in [5, 5.41) is 14.2.